The van der Waals surface area contributed by atoms with Crippen LogP contribution in [-0.4, -0.2) is 19.7 Å². The zero-order chi connectivity index (χ0) is 10.7. The summed E-state index contributed by atoms with van der Waals surface area (Å²) in [4.78, 5) is 4.03. The highest BCUT2D eigenvalue weighted by atomic mass is 79.9. The number of aliphatic hydroxyl groups excluding tert-OH is 1. The second kappa shape index (κ2) is 4.78. The Balaban J connectivity index is 2.09. The fraction of sp³-hybridized carbons (Fsp3) is 0.222. The van der Waals surface area contributed by atoms with Crippen LogP contribution in [0.15, 0.2) is 28.3 Å². The van der Waals surface area contributed by atoms with Crippen molar-refractivity contribution in [2.24, 2.45) is 0 Å². The molecule has 2 aromatic rings. The third-order valence-electron chi connectivity index (χ3n) is 1.91. The number of halogens is 1. The summed E-state index contributed by atoms with van der Waals surface area (Å²) in [7, 11) is 0. The van der Waals surface area contributed by atoms with E-state index in [1.165, 1.54) is 11.5 Å². The molecule has 0 aliphatic rings. The summed E-state index contributed by atoms with van der Waals surface area (Å²) in [6.45, 7) is 0. The predicted octanol–water partition coefficient (Wildman–Crippen LogP) is 1.97. The van der Waals surface area contributed by atoms with Gasteiger partial charge in [0.2, 0.25) is 0 Å². The van der Waals surface area contributed by atoms with Gasteiger partial charge in [0.1, 0.15) is 11.8 Å². The van der Waals surface area contributed by atoms with Gasteiger partial charge in [-0.1, -0.05) is 4.49 Å². The molecular formula is C9H8BrN3OS. The Bertz CT molecular complexity index is 435. The first-order chi connectivity index (χ1) is 7.25. The quantitative estimate of drug-likeness (QED) is 0.937. The molecule has 0 spiro atoms. The van der Waals surface area contributed by atoms with Crippen LogP contribution in [0.5, 0.6) is 0 Å². The maximum Gasteiger partial charge on any atom is 0.104 e. The number of hydrogen-bond donors (Lipinski definition) is 1. The summed E-state index contributed by atoms with van der Waals surface area (Å²) in [5.74, 6) is 0. The van der Waals surface area contributed by atoms with Crippen LogP contribution in [0.4, 0.5) is 0 Å². The molecule has 0 saturated heterocycles. The summed E-state index contributed by atoms with van der Waals surface area (Å²) < 4.78 is 4.62. The Morgan fingerprint density at radius 3 is 3.00 bits per heavy atom. The molecule has 2 heterocycles. The number of aliphatic hydroxyl groups is 1. The molecule has 2 rings (SSSR count). The molecule has 0 fully saturated rings. The van der Waals surface area contributed by atoms with E-state index in [4.69, 9.17) is 0 Å². The van der Waals surface area contributed by atoms with Crippen molar-refractivity contribution in [3.05, 3.63) is 39.6 Å². The van der Waals surface area contributed by atoms with Gasteiger partial charge in [0.25, 0.3) is 0 Å². The Morgan fingerprint density at radius 1 is 1.47 bits per heavy atom. The summed E-state index contributed by atoms with van der Waals surface area (Å²) in [5.41, 5.74) is 1.57. The number of nitrogens with zero attached hydrogens (tertiary/aromatic N) is 3. The summed E-state index contributed by atoms with van der Waals surface area (Å²) in [6, 6.07) is 1.93. The topological polar surface area (TPSA) is 58.9 Å². The number of hydrogen-bond acceptors (Lipinski definition) is 5. The van der Waals surface area contributed by atoms with Crippen LogP contribution in [0.1, 0.15) is 17.4 Å². The van der Waals surface area contributed by atoms with Crippen LogP contribution >= 0.6 is 27.5 Å². The minimum Gasteiger partial charge on any atom is -0.386 e. The molecule has 0 amide bonds. The first kappa shape index (κ1) is 10.7. The van der Waals surface area contributed by atoms with Crippen molar-refractivity contribution < 1.29 is 5.11 Å². The molecular weight excluding hydrogens is 278 g/mol. The van der Waals surface area contributed by atoms with Gasteiger partial charge in [-0.15, -0.1) is 5.10 Å². The fourth-order valence-electron chi connectivity index (χ4n) is 1.21. The van der Waals surface area contributed by atoms with Crippen LogP contribution in [0.2, 0.25) is 0 Å². The first-order valence-corrected chi connectivity index (χ1v) is 5.93. The summed E-state index contributed by atoms with van der Waals surface area (Å²) in [6.07, 6.45) is 3.33. The molecule has 4 nitrogen and oxygen atoms in total. The molecule has 0 aliphatic carbocycles. The smallest absolute Gasteiger partial charge is 0.104 e. The van der Waals surface area contributed by atoms with E-state index in [2.05, 4.69) is 30.5 Å². The molecule has 1 N–H and O–H groups in total. The Hall–Kier alpha value is -0.850. The fourth-order valence-corrected chi connectivity index (χ4v) is 2.13. The van der Waals surface area contributed by atoms with Gasteiger partial charge in [0.05, 0.1) is 0 Å². The Kier molecular flexibility index (Phi) is 3.40. The average molecular weight is 286 g/mol. The summed E-state index contributed by atoms with van der Waals surface area (Å²) >= 11 is 4.57. The molecule has 1 unspecified atom stereocenters. The predicted molar refractivity (Wildman–Crippen MR) is 60.5 cm³/mol. The van der Waals surface area contributed by atoms with E-state index in [1.807, 2.05) is 6.07 Å². The van der Waals surface area contributed by atoms with Crippen molar-refractivity contribution in [1.29, 1.82) is 0 Å². The number of pyridine rings is 1. The third-order valence-corrected chi connectivity index (χ3v) is 2.87. The van der Waals surface area contributed by atoms with Crippen LogP contribution in [0.3, 0.4) is 0 Å². The van der Waals surface area contributed by atoms with Gasteiger partial charge in [-0.3, -0.25) is 4.98 Å². The van der Waals surface area contributed by atoms with E-state index in [0.717, 1.165) is 10.0 Å². The highest BCUT2D eigenvalue weighted by Gasteiger charge is 2.11. The Morgan fingerprint density at radius 2 is 2.33 bits per heavy atom. The van der Waals surface area contributed by atoms with E-state index >= 15 is 0 Å². The van der Waals surface area contributed by atoms with Crippen LogP contribution in [0.25, 0.3) is 0 Å². The lowest BCUT2D eigenvalue weighted by Crippen LogP contribution is -2.02. The monoisotopic (exact) mass is 285 g/mol. The second-order valence-electron chi connectivity index (χ2n) is 3.06. The maximum atomic E-state index is 9.81. The minimum absolute atomic E-state index is 0.498. The highest BCUT2D eigenvalue weighted by molar-refractivity contribution is 9.10. The van der Waals surface area contributed by atoms with Gasteiger partial charge < -0.3 is 5.11 Å². The number of aromatic nitrogens is 3. The molecule has 2 aromatic heterocycles. The van der Waals surface area contributed by atoms with Gasteiger partial charge in [-0.25, -0.2) is 0 Å². The van der Waals surface area contributed by atoms with Gasteiger partial charge in [-0.2, -0.15) is 0 Å². The first-order valence-electron chi connectivity index (χ1n) is 4.30. The van der Waals surface area contributed by atoms with Gasteiger partial charge in [-0.05, 0) is 39.1 Å². The van der Waals surface area contributed by atoms with Crippen molar-refractivity contribution in [1.82, 2.24) is 14.6 Å². The zero-order valence-corrected chi connectivity index (χ0v) is 10.1. The third kappa shape index (κ3) is 2.80. The van der Waals surface area contributed by atoms with E-state index in [-0.39, 0.29) is 0 Å². The van der Waals surface area contributed by atoms with Crippen molar-refractivity contribution in [3.8, 4) is 0 Å². The molecule has 0 saturated carbocycles. The lowest BCUT2D eigenvalue weighted by Gasteiger charge is -2.06. The van der Waals surface area contributed by atoms with Gasteiger partial charge in [0.15, 0.2) is 0 Å². The molecule has 0 aromatic carbocycles. The van der Waals surface area contributed by atoms with Crippen LogP contribution in [0, 0.1) is 0 Å². The molecule has 0 radical (unpaired) electrons. The van der Waals surface area contributed by atoms with Crippen LogP contribution < -0.4 is 0 Å². The zero-order valence-electron chi connectivity index (χ0n) is 7.67. The SMILES string of the molecule is OC(Cc1cncc(Br)c1)c1csnn1. The van der Waals surface area contributed by atoms with Crippen molar-refractivity contribution in [2.75, 3.05) is 0 Å². The van der Waals surface area contributed by atoms with E-state index < -0.39 is 6.10 Å². The van der Waals surface area contributed by atoms with Crippen molar-refractivity contribution >= 4 is 27.5 Å². The highest BCUT2D eigenvalue weighted by Crippen LogP contribution is 2.18. The Labute approximate surface area is 99.3 Å². The second-order valence-corrected chi connectivity index (χ2v) is 4.59. The normalized spacial score (nSPS) is 12.7. The maximum absolute atomic E-state index is 9.81. The van der Waals surface area contributed by atoms with Crippen molar-refractivity contribution in [3.63, 3.8) is 0 Å². The molecule has 0 bridgehead atoms. The molecule has 6 heteroatoms. The van der Waals surface area contributed by atoms with Gasteiger partial charge >= 0.3 is 0 Å². The number of rotatable bonds is 3. The largest absolute Gasteiger partial charge is 0.386 e. The van der Waals surface area contributed by atoms with Crippen LogP contribution in [-0.2, 0) is 6.42 Å². The molecule has 0 aliphatic heterocycles. The van der Waals surface area contributed by atoms with E-state index in [0.29, 0.717) is 12.1 Å². The van der Waals surface area contributed by atoms with E-state index in [1.54, 1.807) is 17.8 Å². The minimum atomic E-state index is -0.611. The lowest BCUT2D eigenvalue weighted by molar-refractivity contribution is 0.173. The molecule has 15 heavy (non-hydrogen) atoms. The van der Waals surface area contributed by atoms with Crippen molar-refractivity contribution in [2.45, 2.75) is 12.5 Å². The molecule has 1 atom stereocenters. The summed E-state index contributed by atoms with van der Waals surface area (Å²) in [5, 5.41) is 15.4. The van der Waals surface area contributed by atoms with E-state index in [9.17, 15) is 5.11 Å². The van der Waals surface area contributed by atoms with Gasteiger partial charge in [0, 0.05) is 28.7 Å². The molecule has 78 valence electrons. The lowest BCUT2D eigenvalue weighted by atomic mass is 10.1. The standard InChI is InChI=1S/C9H8BrN3OS/c10-7-1-6(3-11-4-7)2-9(14)8-5-15-13-12-8/h1,3-5,9,14H,2H2. The average Bonchev–Trinajstić information content (AvgIpc) is 2.70.